The Morgan fingerprint density at radius 2 is 2.13 bits per heavy atom. The number of rotatable bonds is 5. The first-order valence-corrected chi connectivity index (χ1v) is 9.88. The SMILES string of the molecule is CC(CO)n1cnnc1-c1cccc(NC(=O)c2ccc3c(c2)N(F)C(=O)CCC3)n1. The fourth-order valence-electron chi connectivity index (χ4n) is 3.42. The van der Waals surface area contributed by atoms with Gasteiger partial charge in [0.15, 0.2) is 5.82 Å². The molecule has 1 aliphatic heterocycles. The molecule has 2 amide bonds. The molecule has 1 aromatic carbocycles. The number of hydrogen-bond donors (Lipinski definition) is 2. The van der Waals surface area contributed by atoms with Crippen molar-refractivity contribution in [2.24, 2.45) is 0 Å². The average Bonchev–Trinajstić information content (AvgIpc) is 3.23. The Bertz CT molecular complexity index is 1130. The first-order valence-electron chi connectivity index (χ1n) is 9.88. The summed E-state index contributed by atoms with van der Waals surface area (Å²) in [5.74, 6) is -0.374. The lowest BCUT2D eigenvalue weighted by molar-refractivity contribution is -0.121. The van der Waals surface area contributed by atoms with E-state index >= 15 is 0 Å². The molecule has 0 saturated carbocycles. The second-order valence-electron chi connectivity index (χ2n) is 7.33. The molecule has 0 fully saturated rings. The molecule has 0 radical (unpaired) electrons. The largest absolute Gasteiger partial charge is 0.394 e. The fraction of sp³-hybridized carbons (Fsp3) is 0.286. The minimum atomic E-state index is -0.619. The number of amides is 2. The molecular weight excluding hydrogens is 403 g/mol. The Morgan fingerprint density at radius 1 is 1.29 bits per heavy atom. The molecule has 0 saturated heterocycles. The minimum Gasteiger partial charge on any atom is -0.394 e. The molecule has 4 rings (SSSR count). The number of carbonyl (C=O) groups excluding carboxylic acids is 2. The van der Waals surface area contributed by atoms with Crippen molar-refractivity contribution in [1.29, 1.82) is 0 Å². The van der Waals surface area contributed by atoms with E-state index < -0.39 is 11.8 Å². The molecule has 10 heteroatoms. The normalized spacial score (nSPS) is 14.7. The van der Waals surface area contributed by atoms with E-state index in [-0.39, 0.29) is 41.3 Å². The highest BCUT2D eigenvalue weighted by Gasteiger charge is 2.23. The van der Waals surface area contributed by atoms with Gasteiger partial charge in [0.2, 0.25) is 0 Å². The van der Waals surface area contributed by atoms with Crippen molar-refractivity contribution in [2.75, 3.05) is 17.0 Å². The van der Waals surface area contributed by atoms with Gasteiger partial charge >= 0.3 is 0 Å². The third kappa shape index (κ3) is 4.15. The second-order valence-corrected chi connectivity index (χ2v) is 7.33. The van der Waals surface area contributed by atoms with Crippen molar-refractivity contribution < 1.29 is 19.2 Å². The van der Waals surface area contributed by atoms with Crippen molar-refractivity contribution in [3.05, 3.63) is 53.9 Å². The summed E-state index contributed by atoms with van der Waals surface area (Å²) in [6, 6.07) is 9.44. The van der Waals surface area contributed by atoms with Crippen LogP contribution in [0, 0.1) is 0 Å². The summed E-state index contributed by atoms with van der Waals surface area (Å²) in [7, 11) is 0. The highest BCUT2D eigenvalue weighted by Crippen LogP contribution is 2.29. The number of aliphatic hydroxyl groups is 1. The van der Waals surface area contributed by atoms with Crippen LogP contribution in [0.5, 0.6) is 0 Å². The summed E-state index contributed by atoms with van der Waals surface area (Å²) < 4.78 is 16.0. The van der Waals surface area contributed by atoms with Crippen LogP contribution < -0.4 is 10.4 Å². The highest BCUT2D eigenvalue weighted by atomic mass is 19.2. The summed E-state index contributed by atoms with van der Waals surface area (Å²) >= 11 is 0. The van der Waals surface area contributed by atoms with Crippen LogP contribution in [-0.2, 0) is 11.2 Å². The number of pyridine rings is 1. The molecule has 3 aromatic rings. The van der Waals surface area contributed by atoms with Gasteiger partial charge in [-0.1, -0.05) is 16.6 Å². The number of hydrogen-bond acceptors (Lipinski definition) is 6. The molecular formula is C21H21FN6O3. The number of fused-ring (bicyclic) bond motifs is 1. The van der Waals surface area contributed by atoms with Gasteiger partial charge in [-0.25, -0.2) is 4.98 Å². The lowest BCUT2D eigenvalue weighted by Gasteiger charge is -2.14. The Kier molecular flexibility index (Phi) is 5.72. The van der Waals surface area contributed by atoms with Crippen LogP contribution in [0.25, 0.3) is 11.5 Å². The number of halogens is 1. The number of nitrogens with zero attached hydrogens (tertiary/aromatic N) is 5. The lowest BCUT2D eigenvalue weighted by Crippen LogP contribution is -2.21. The molecule has 9 nitrogen and oxygen atoms in total. The molecule has 0 spiro atoms. The molecule has 31 heavy (non-hydrogen) atoms. The number of aromatic nitrogens is 4. The van der Waals surface area contributed by atoms with Gasteiger partial charge < -0.3 is 15.0 Å². The van der Waals surface area contributed by atoms with Crippen LogP contribution in [0.3, 0.4) is 0 Å². The zero-order chi connectivity index (χ0) is 22.0. The molecule has 2 N–H and O–H groups in total. The summed E-state index contributed by atoms with van der Waals surface area (Å²) in [5, 5.41) is 20.1. The average molecular weight is 424 g/mol. The van der Waals surface area contributed by atoms with E-state index in [0.717, 1.165) is 0 Å². The van der Waals surface area contributed by atoms with Crippen molar-refractivity contribution in [1.82, 2.24) is 19.7 Å². The van der Waals surface area contributed by atoms with Crippen LogP contribution in [0.4, 0.5) is 16.0 Å². The quantitative estimate of drug-likeness (QED) is 0.609. The van der Waals surface area contributed by atoms with Gasteiger partial charge in [-0.15, -0.1) is 15.3 Å². The van der Waals surface area contributed by atoms with Crippen LogP contribution in [0.15, 0.2) is 42.7 Å². The number of nitrogens with one attached hydrogen (secondary N) is 1. The van der Waals surface area contributed by atoms with Gasteiger partial charge in [0.25, 0.3) is 11.8 Å². The van der Waals surface area contributed by atoms with Crippen LogP contribution in [-0.4, -0.2) is 43.3 Å². The molecule has 0 bridgehead atoms. The van der Waals surface area contributed by atoms with E-state index in [9.17, 15) is 19.2 Å². The van der Waals surface area contributed by atoms with Crippen molar-refractivity contribution >= 4 is 23.3 Å². The van der Waals surface area contributed by atoms with Crippen LogP contribution >= 0.6 is 0 Å². The molecule has 0 aliphatic carbocycles. The first kappa shape index (κ1) is 20.6. The topological polar surface area (TPSA) is 113 Å². The molecule has 160 valence electrons. The van der Waals surface area contributed by atoms with Crippen molar-refractivity contribution in [3.63, 3.8) is 0 Å². The Balaban J connectivity index is 1.58. The number of carbonyl (C=O) groups is 2. The van der Waals surface area contributed by atoms with Crippen LogP contribution in [0.1, 0.15) is 41.7 Å². The minimum absolute atomic E-state index is 0.0894. The molecule has 2 aromatic heterocycles. The van der Waals surface area contributed by atoms with E-state index in [2.05, 4.69) is 20.5 Å². The standard InChI is InChI=1S/C21H21FN6O3/c1-13(11-29)27-12-23-26-20(27)16-5-3-6-18(24-16)25-21(31)15-9-8-14-4-2-7-19(30)28(22)17(14)10-15/h3,5-6,8-10,12-13,29H,2,4,7,11H2,1H3,(H,24,25,31). The summed E-state index contributed by atoms with van der Waals surface area (Å²) in [6.07, 6.45) is 2.76. The fourth-order valence-corrected chi connectivity index (χ4v) is 3.42. The van der Waals surface area contributed by atoms with E-state index in [4.69, 9.17) is 0 Å². The number of aliphatic hydroxyl groups excluding tert-OH is 1. The van der Waals surface area contributed by atoms with Gasteiger partial charge in [-0.2, -0.15) is 0 Å². The van der Waals surface area contributed by atoms with Gasteiger partial charge in [0.1, 0.15) is 17.8 Å². The number of aryl methyl sites for hydroxylation is 1. The van der Waals surface area contributed by atoms with Gasteiger partial charge in [-0.3, -0.25) is 9.59 Å². The monoisotopic (exact) mass is 424 g/mol. The number of anilines is 2. The zero-order valence-electron chi connectivity index (χ0n) is 16.8. The van der Waals surface area contributed by atoms with Crippen LogP contribution in [0.2, 0.25) is 0 Å². The van der Waals surface area contributed by atoms with E-state index in [1.54, 1.807) is 34.9 Å². The Hall–Kier alpha value is -3.66. The maximum atomic E-state index is 14.3. The van der Waals surface area contributed by atoms with E-state index in [1.165, 1.54) is 12.4 Å². The predicted molar refractivity (Wildman–Crippen MR) is 111 cm³/mol. The predicted octanol–water partition coefficient (Wildman–Crippen LogP) is 2.70. The third-order valence-electron chi connectivity index (χ3n) is 5.15. The maximum Gasteiger partial charge on any atom is 0.256 e. The highest BCUT2D eigenvalue weighted by molar-refractivity contribution is 6.05. The van der Waals surface area contributed by atoms with Gasteiger partial charge in [0, 0.05) is 12.0 Å². The first-order chi connectivity index (χ1) is 15.0. The molecule has 1 aliphatic rings. The van der Waals surface area contributed by atoms with E-state index in [0.29, 0.717) is 29.9 Å². The van der Waals surface area contributed by atoms with Crippen molar-refractivity contribution in [2.45, 2.75) is 32.2 Å². The second kappa shape index (κ2) is 8.60. The zero-order valence-corrected chi connectivity index (χ0v) is 16.8. The summed E-state index contributed by atoms with van der Waals surface area (Å²) in [4.78, 5) is 29.0. The van der Waals surface area contributed by atoms with E-state index in [1.807, 2.05) is 6.92 Å². The third-order valence-corrected chi connectivity index (χ3v) is 5.15. The maximum absolute atomic E-state index is 14.3. The van der Waals surface area contributed by atoms with Crippen molar-refractivity contribution in [3.8, 4) is 11.5 Å². The molecule has 1 unspecified atom stereocenters. The van der Waals surface area contributed by atoms with Gasteiger partial charge in [-0.05, 0) is 49.6 Å². The Labute approximate surface area is 177 Å². The lowest BCUT2D eigenvalue weighted by atomic mass is 10.0. The molecule has 3 heterocycles. The smallest absolute Gasteiger partial charge is 0.256 e. The number of benzene rings is 1. The summed E-state index contributed by atoms with van der Waals surface area (Å²) in [6.45, 7) is 1.73. The van der Waals surface area contributed by atoms with Gasteiger partial charge in [0.05, 0.1) is 18.3 Å². The summed E-state index contributed by atoms with van der Waals surface area (Å²) in [5.41, 5.74) is 1.46. The Morgan fingerprint density at radius 3 is 2.94 bits per heavy atom. The molecule has 1 atom stereocenters.